The zero-order chi connectivity index (χ0) is 21.7. The van der Waals surface area contributed by atoms with E-state index in [1.807, 2.05) is 37.3 Å². The maximum Gasteiger partial charge on any atom is 0.283 e. The van der Waals surface area contributed by atoms with Crippen molar-refractivity contribution in [2.45, 2.75) is 36.2 Å². The molecule has 0 spiro atoms. The van der Waals surface area contributed by atoms with Crippen molar-refractivity contribution >= 4 is 27.6 Å². The van der Waals surface area contributed by atoms with Crippen LogP contribution in [-0.2, 0) is 10.0 Å². The third kappa shape index (κ3) is 5.31. The number of sulfonamides is 1. The molecular weight excluding hydrogens is 432 g/mol. The van der Waals surface area contributed by atoms with Crippen LogP contribution in [0.3, 0.4) is 0 Å². The highest BCUT2D eigenvalue weighted by Gasteiger charge is 2.21. The first-order valence-electron chi connectivity index (χ1n) is 10.1. The van der Waals surface area contributed by atoms with Gasteiger partial charge in [0.25, 0.3) is 10.0 Å². The van der Waals surface area contributed by atoms with E-state index in [4.69, 9.17) is 0 Å². The molecule has 4 rings (SSSR count). The van der Waals surface area contributed by atoms with Gasteiger partial charge in [0, 0.05) is 13.1 Å². The summed E-state index contributed by atoms with van der Waals surface area (Å²) in [7, 11) is -3.80. The smallest absolute Gasteiger partial charge is 0.283 e. The summed E-state index contributed by atoms with van der Waals surface area (Å²) in [4.78, 5) is 2.27. The first-order chi connectivity index (χ1) is 15.0. The number of thioether (sulfide) groups is 1. The summed E-state index contributed by atoms with van der Waals surface area (Å²) < 4.78 is 31.9. The van der Waals surface area contributed by atoms with E-state index in [0.29, 0.717) is 16.7 Å². The molecule has 0 bridgehead atoms. The Morgan fingerprint density at radius 3 is 2.45 bits per heavy atom. The normalized spacial score (nSPS) is 15.3. The van der Waals surface area contributed by atoms with Gasteiger partial charge in [0.1, 0.15) is 5.84 Å². The molecule has 0 radical (unpaired) electrons. The monoisotopic (exact) mass is 456 g/mol. The lowest BCUT2D eigenvalue weighted by molar-refractivity contribution is 0.341. The first-order valence-corrected chi connectivity index (χ1v) is 12.6. The van der Waals surface area contributed by atoms with E-state index in [-0.39, 0.29) is 4.90 Å². The van der Waals surface area contributed by atoms with Crippen LogP contribution in [0.4, 0.5) is 0 Å². The van der Waals surface area contributed by atoms with Crippen molar-refractivity contribution in [1.29, 1.82) is 0 Å². The molecule has 0 saturated carbocycles. The molecule has 0 unspecified atom stereocenters. The number of para-hydroxylation sites is 1. The summed E-state index contributed by atoms with van der Waals surface area (Å²) in [5.41, 5.74) is 1.85. The number of tetrazole rings is 1. The number of piperidine rings is 1. The zero-order valence-corrected chi connectivity index (χ0v) is 18.9. The van der Waals surface area contributed by atoms with E-state index >= 15 is 0 Å². The van der Waals surface area contributed by atoms with E-state index < -0.39 is 10.0 Å². The Morgan fingerprint density at radius 2 is 1.74 bits per heavy atom. The Balaban J connectivity index is 1.60. The lowest BCUT2D eigenvalue weighted by Crippen LogP contribution is -2.37. The summed E-state index contributed by atoms with van der Waals surface area (Å²) in [6.45, 7) is 3.52. The van der Waals surface area contributed by atoms with Gasteiger partial charge >= 0.3 is 0 Å². The predicted octanol–water partition coefficient (Wildman–Crippen LogP) is 3.34. The van der Waals surface area contributed by atoms with E-state index in [0.717, 1.165) is 43.6 Å². The molecule has 3 aromatic rings. The number of rotatable bonds is 6. The van der Waals surface area contributed by atoms with Gasteiger partial charge in [-0.3, -0.25) is 0 Å². The highest BCUT2D eigenvalue weighted by atomic mass is 32.2. The minimum atomic E-state index is -3.80. The Morgan fingerprint density at radius 1 is 1.03 bits per heavy atom. The fourth-order valence-corrected chi connectivity index (χ4v) is 5.35. The summed E-state index contributed by atoms with van der Waals surface area (Å²) in [5.74, 6) is 0.895. The van der Waals surface area contributed by atoms with Crippen molar-refractivity contribution in [1.82, 2.24) is 25.1 Å². The van der Waals surface area contributed by atoms with Crippen molar-refractivity contribution < 1.29 is 8.42 Å². The van der Waals surface area contributed by atoms with Gasteiger partial charge in [-0.05, 0) is 60.9 Å². The summed E-state index contributed by atoms with van der Waals surface area (Å²) in [5, 5.41) is 12.6. The minimum Gasteiger partial charge on any atom is -0.359 e. The van der Waals surface area contributed by atoms with E-state index in [2.05, 4.69) is 24.8 Å². The molecule has 1 fully saturated rings. The molecular formula is C21H24N6O2S2. The van der Waals surface area contributed by atoms with Crippen molar-refractivity contribution in [2.75, 3.05) is 18.8 Å². The molecule has 2 heterocycles. The van der Waals surface area contributed by atoms with Gasteiger partial charge in [-0.1, -0.05) is 47.7 Å². The van der Waals surface area contributed by atoms with E-state index in [9.17, 15) is 8.42 Å². The van der Waals surface area contributed by atoms with Crippen molar-refractivity contribution in [3.63, 3.8) is 0 Å². The molecule has 162 valence electrons. The predicted molar refractivity (Wildman–Crippen MR) is 121 cm³/mol. The lowest BCUT2D eigenvalue weighted by Gasteiger charge is -2.29. The summed E-state index contributed by atoms with van der Waals surface area (Å²) in [6, 6.07) is 16.4. The number of nitrogens with zero attached hydrogens (tertiary/aromatic N) is 6. The molecule has 2 aromatic carbocycles. The molecule has 0 N–H and O–H groups in total. The largest absolute Gasteiger partial charge is 0.359 e. The maximum atomic E-state index is 13.0. The third-order valence-electron chi connectivity index (χ3n) is 5.04. The third-order valence-corrected chi connectivity index (χ3v) is 7.27. The van der Waals surface area contributed by atoms with Crippen LogP contribution >= 0.6 is 11.8 Å². The number of aryl methyl sites for hydroxylation is 1. The average molecular weight is 457 g/mol. The molecule has 1 aliphatic heterocycles. The van der Waals surface area contributed by atoms with Gasteiger partial charge in [-0.25, -0.2) is 0 Å². The fraction of sp³-hybridized carbons (Fsp3) is 0.333. The van der Waals surface area contributed by atoms with Crippen LogP contribution in [0.5, 0.6) is 0 Å². The number of hydrogen-bond acceptors (Lipinski definition) is 6. The SMILES string of the molecule is Cc1ccc(S(=O)(=O)/N=C(\CSc2nnnn2-c2ccccc2)N2CCCCC2)cc1. The van der Waals surface area contributed by atoms with Crippen LogP contribution in [0.25, 0.3) is 5.69 Å². The second-order valence-corrected chi connectivity index (χ2v) is 9.89. The number of aromatic nitrogens is 4. The Labute approximate surface area is 186 Å². The fourth-order valence-electron chi connectivity index (χ4n) is 3.36. The van der Waals surface area contributed by atoms with Gasteiger partial charge in [0.15, 0.2) is 0 Å². The van der Waals surface area contributed by atoms with Crippen molar-refractivity contribution in [3.05, 3.63) is 60.2 Å². The quantitative estimate of drug-likeness (QED) is 0.319. The van der Waals surface area contributed by atoms with E-state index in [1.54, 1.807) is 28.9 Å². The lowest BCUT2D eigenvalue weighted by atomic mass is 10.1. The van der Waals surface area contributed by atoms with Gasteiger partial charge in [0.05, 0.1) is 16.3 Å². The topological polar surface area (TPSA) is 93.3 Å². The number of amidine groups is 1. The zero-order valence-electron chi connectivity index (χ0n) is 17.3. The van der Waals surface area contributed by atoms with Crippen LogP contribution in [-0.4, -0.2) is 58.2 Å². The second kappa shape index (κ2) is 9.61. The summed E-state index contributed by atoms with van der Waals surface area (Å²) >= 11 is 1.38. The van der Waals surface area contributed by atoms with Gasteiger partial charge < -0.3 is 4.90 Å². The average Bonchev–Trinajstić information content (AvgIpc) is 3.27. The minimum absolute atomic E-state index is 0.201. The molecule has 0 aliphatic carbocycles. The van der Waals surface area contributed by atoms with Crippen LogP contribution < -0.4 is 0 Å². The summed E-state index contributed by atoms with van der Waals surface area (Å²) in [6.07, 6.45) is 3.19. The number of benzene rings is 2. The van der Waals surface area contributed by atoms with Crippen molar-refractivity contribution in [3.8, 4) is 5.69 Å². The first kappa shape index (κ1) is 21.5. The molecule has 10 heteroatoms. The van der Waals surface area contributed by atoms with Gasteiger partial charge in [-0.2, -0.15) is 13.1 Å². The molecule has 31 heavy (non-hydrogen) atoms. The molecule has 8 nitrogen and oxygen atoms in total. The second-order valence-electron chi connectivity index (χ2n) is 7.34. The van der Waals surface area contributed by atoms with Gasteiger partial charge in [0.2, 0.25) is 5.16 Å². The van der Waals surface area contributed by atoms with Crippen molar-refractivity contribution in [2.24, 2.45) is 4.40 Å². The van der Waals surface area contributed by atoms with Crippen LogP contribution in [0, 0.1) is 6.92 Å². The Kier molecular flexibility index (Phi) is 6.67. The highest BCUT2D eigenvalue weighted by molar-refractivity contribution is 7.99. The maximum absolute atomic E-state index is 13.0. The molecule has 1 aliphatic rings. The standard InChI is InChI=1S/C21H24N6O2S2/c1-17-10-12-19(13-11-17)31(28,29)23-20(26-14-6-3-7-15-26)16-30-21-22-24-25-27(21)18-8-4-2-5-9-18/h2,4-5,8-13H,3,6-7,14-16H2,1H3/b23-20+. The molecule has 0 amide bonds. The highest BCUT2D eigenvalue weighted by Crippen LogP contribution is 2.22. The number of likely N-dealkylation sites (tertiary alicyclic amines) is 1. The number of hydrogen-bond donors (Lipinski definition) is 0. The molecule has 0 atom stereocenters. The van der Waals surface area contributed by atoms with E-state index in [1.165, 1.54) is 11.8 Å². The van der Waals surface area contributed by atoms with Gasteiger partial charge in [-0.15, -0.1) is 9.50 Å². The molecule has 1 aromatic heterocycles. The Bertz CT molecular complexity index is 1140. The Hall–Kier alpha value is -2.72. The van der Waals surface area contributed by atoms with Crippen LogP contribution in [0.2, 0.25) is 0 Å². The molecule has 1 saturated heterocycles. The van der Waals surface area contributed by atoms with Crippen LogP contribution in [0.15, 0.2) is 69.0 Å². The van der Waals surface area contributed by atoms with Crippen LogP contribution in [0.1, 0.15) is 24.8 Å².